The Morgan fingerprint density at radius 2 is 1.81 bits per heavy atom. The fourth-order valence-corrected chi connectivity index (χ4v) is 5.25. The fraction of sp³-hybridized carbons (Fsp3) is 0.400. The number of hydrogen-bond donors (Lipinski definition) is 1. The molecule has 3 aromatic rings. The molecular weight excluding hydrogens is 442 g/mol. The van der Waals surface area contributed by atoms with E-state index in [1.165, 1.54) is 31.0 Å². The van der Waals surface area contributed by atoms with Crippen LogP contribution in [0.15, 0.2) is 52.4 Å². The van der Waals surface area contributed by atoms with Crippen molar-refractivity contribution in [2.45, 2.75) is 63.1 Å². The molecule has 1 aliphatic rings. The Kier molecular flexibility index (Phi) is 7.53. The highest BCUT2D eigenvalue weighted by atomic mass is 35.5. The van der Waals surface area contributed by atoms with Crippen LogP contribution in [0.25, 0.3) is 16.6 Å². The minimum absolute atomic E-state index is 0.0163. The summed E-state index contributed by atoms with van der Waals surface area (Å²) in [6, 6.07) is 13.0. The first-order valence-electron chi connectivity index (χ1n) is 11.2. The largest absolute Gasteiger partial charge is 0.353 e. The number of para-hydroxylation sites is 1. The molecule has 1 saturated carbocycles. The molecule has 1 fully saturated rings. The molecule has 1 aromatic heterocycles. The van der Waals surface area contributed by atoms with Gasteiger partial charge < -0.3 is 5.32 Å². The molecule has 1 aliphatic carbocycles. The fourth-order valence-electron chi connectivity index (χ4n) is 4.26. The molecule has 32 heavy (non-hydrogen) atoms. The van der Waals surface area contributed by atoms with Crippen molar-refractivity contribution in [1.82, 2.24) is 14.9 Å². The van der Waals surface area contributed by atoms with Gasteiger partial charge in [-0.3, -0.25) is 14.2 Å². The second-order valence-electron chi connectivity index (χ2n) is 8.33. The number of aromatic nitrogens is 2. The molecule has 0 bridgehead atoms. The molecule has 5 nitrogen and oxygen atoms in total. The number of carbonyl (C=O) groups excluding carboxylic acids is 1. The predicted octanol–water partition coefficient (Wildman–Crippen LogP) is 5.67. The van der Waals surface area contributed by atoms with Crippen molar-refractivity contribution in [2.75, 3.05) is 5.75 Å². The van der Waals surface area contributed by atoms with Crippen LogP contribution in [-0.2, 0) is 4.79 Å². The van der Waals surface area contributed by atoms with Crippen LogP contribution in [-0.4, -0.2) is 27.3 Å². The highest BCUT2D eigenvalue weighted by molar-refractivity contribution is 7.99. The minimum Gasteiger partial charge on any atom is -0.353 e. The topological polar surface area (TPSA) is 64.0 Å². The van der Waals surface area contributed by atoms with Gasteiger partial charge in [0.05, 0.1) is 22.3 Å². The third-order valence-corrected chi connectivity index (χ3v) is 7.38. The summed E-state index contributed by atoms with van der Waals surface area (Å²) in [5.74, 6) is 0.193. The Hall–Kier alpha value is -2.31. The van der Waals surface area contributed by atoms with E-state index in [2.05, 4.69) is 5.32 Å². The van der Waals surface area contributed by atoms with Gasteiger partial charge in [0.2, 0.25) is 5.91 Å². The zero-order chi connectivity index (χ0) is 22.5. The molecule has 0 unspecified atom stereocenters. The molecule has 0 saturated heterocycles. The Morgan fingerprint density at radius 1 is 1.09 bits per heavy atom. The zero-order valence-corrected chi connectivity index (χ0v) is 19.8. The summed E-state index contributed by atoms with van der Waals surface area (Å²) in [4.78, 5) is 30.9. The Balaban J connectivity index is 1.62. The maximum Gasteiger partial charge on any atom is 0.266 e. The van der Waals surface area contributed by atoms with Crippen molar-refractivity contribution in [2.24, 2.45) is 0 Å². The molecule has 168 valence electrons. The summed E-state index contributed by atoms with van der Waals surface area (Å²) >= 11 is 7.63. The molecule has 1 N–H and O–H groups in total. The number of benzene rings is 2. The highest BCUT2D eigenvalue weighted by Gasteiger charge is 2.18. The number of carbonyl (C=O) groups is 1. The summed E-state index contributed by atoms with van der Waals surface area (Å²) in [5, 5.41) is 4.81. The van der Waals surface area contributed by atoms with E-state index in [1.54, 1.807) is 16.7 Å². The lowest BCUT2D eigenvalue weighted by Gasteiger charge is -2.21. The summed E-state index contributed by atoms with van der Waals surface area (Å²) in [6.07, 6.45) is 8.19. The van der Waals surface area contributed by atoms with Gasteiger partial charge in [-0.15, -0.1) is 0 Å². The van der Waals surface area contributed by atoms with Crippen LogP contribution in [0.3, 0.4) is 0 Å². The minimum atomic E-state index is -0.163. The van der Waals surface area contributed by atoms with Gasteiger partial charge in [0.25, 0.3) is 5.56 Å². The second-order valence-corrected chi connectivity index (χ2v) is 9.68. The molecule has 1 amide bonds. The Labute approximate surface area is 197 Å². The molecule has 0 atom stereocenters. The number of amides is 1. The van der Waals surface area contributed by atoms with E-state index in [0.717, 1.165) is 31.2 Å². The molecule has 0 radical (unpaired) electrons. The molecule has 0 aliphatic heterocycles. The van der Waals surface area contributed by atoms with Crippen LogP contribution < -0.4 is 10.9 Å². The van der Waals surface area contributed by atoms with E-state index in [0.29, 0.717) is 26.8 Å². The summed E-state index contributed by atoms with van der Waals surface area (Å²) in [6.45, 7) is 1.88. The predicted molar refractivity (Wildman–Crippen MR) is 132 cm³/mol. The van der Waals surface area contributed by atoms with Crippen molar-refractivity contribution in [3.05, 3.63) is 63.4 Å². The van der Waals surface area contributed by atoms with Gasteiger partial charge in [-0.1, -0.05) is 73.7 Å². The Morgan fingerprint density at radius 3 is 2.59 bits per heavy atom. The van der Waals surface area contributed by atoms with Crippen molar-refractivity contribution in [3.8, 4) is 5.69 Å². The van der Waals surface area contributed by atoms with Crippen LogP contribution in [0.1, 0.15) is 50.5 Å². The normalized spacial score (nSPS) is 15.3. The van der Waals surface area contributed by atoms with Gasteiger partial charge in [0, 0.05) is 11.1 Å². The lowest BCUT2D eigenvalue weighted by Crippen LogP contribution is -2.36. The van der Waals surface area contributed by atoms with Gasteiger partial charge in [-0.25, -0.2) is 4.98 Å². The molecule has 2 aromatic carbocycles. The van der Waals surface area contributed by atoms with E-state index < -0.39 is 0 Å². The number of thioether (sulfide) groups is 1. The number of fused-ring (bicyclic) bond motifs is 1. The van der Waals surface area contributed by atoms with E-state index in [1.807, 2.05) is 37.3 Å². The molecule has 0 spiro atoms. The number of nitrogens with one attached hydrogen (secondary N) is 1. The summed E-state index contributed by atoms with van der Waals surface area (Å²) in [5.41, 5.74) is 1.94. The first-order chi connectivity index (χ1) is 15.5. The Bertz CT molecular complexity index is 1170. The van der Waals surface area contributed by atoms with Gasteiger partial charge >= 0.3 is 0 Å². The number of hydrogen-bond acceptors (Lipinski definition) is 4. The third kappa shape index (κ3) is 5.18. The molecule has 7 heteroatoms. The number of rotatable bonds is 5. The lowest BCUT2D eigenvalue weighted by molar-refractivity contribution is -0.119. The monoisotopic (exact) mass is 469 g/mol. The third-order valence-electron chi connectivity index (χ3n) is 6.03. The summed E-state index contributed by atoms with van der Waals surface area (Å²) < 4.78 is 1.58. The van der Waals surface area contributed by atoms with Gasteiger partial charge in [-0.05, 0) is 49.6 Å². The average molecular weight is 470 g/mol. The maximum atomic E-state index is 13.4. The van der Waals surface area contributed by atoms with Crippen molar-refractivity contribution >= 4 is 40.2 Å². The SMILES string of the molecule is Cc1c(Cl)cccc1-n1c(SCC(=O)NC2CCCCCCC2)nc2ccccc2c1=O. The number of nitrogens with zero attached hydrogens (tertiary/aromatic N) is 2. The highest BCUT2D eigenvalue weighted by Crippen LogP contribution is 2.26. The zero-order valence-electron chi connectivity index (χ0n) is 18.3. The molecular formula is C25H28ClN3O2S. The van der Waals surface area contributed by atoms with Crippen molar-refractivity contribution < 1.29 is 4.79 Å². The first kappa shape index (κ1) is 22.9. The molecule has 4 rings (SSSR count). The first-order valence-corrected chi connectivity index (χ1v) is 12.6. The average Bonchev–Trinajstić information content (AvgIpc) is 2.77. The van der Waals surface area contributed by atoms with E-state index in [4.69, 9.17) is 16.6 Å². The van der Waals surface area contributed by atoms with E-state index in [9.17, 15) is 9.59 Å². The van der Waals surface area contributed by atoms with Crippen LogP contribution >= 0.6 is 23.4 Å². The standard InChI is InChI=1S/C25H28ClN3O2S/c1-17-20(26)13-9-15-22(17)29-24(31)19-12-7-8-14-21(19)28-25(29)32-16-23(30)27-18-10-5-3-2-4-6-11-18/h7-9,12-15,18H,2-6,10-11,16H2,1H3,(H,27,30). The second kappa shape index (κ2) is 10.5. The smallest absolute Gasteiger partial charge is 0.266 e. The van der Waals surface area contributed by atoms with Crippen molar-refractivity contribution in [1.29, 1.82) is 0 Å². The van der Waals surface area contributed by atoms with Gasteiger partial charge in [0.15, 0.2) is 5.16 Å². The van der Waals surface area contributed by atoms with Crippen LogP contribution in [0, 0.1) is 6.92 Å². The van der Waals surface area contributed by atoms with E-state index >= 15 is 0 Å². The van der Waals surface area contributed by atoms with E-state index in [-0.39, 0.29) is 23.3 Å². The van der Waals surface area contributed by atoms with Gasteiger partial charge in [-0.2, -0.15) is 0 Å². The summed E-state index contributed by atoms with van der Waals surface area (Å²) in [7, 11) is 0. The maximum absolute atomic E-state index is 13.4. The van der Waals surface area contributed by atoms with Crippen LogP contribution in [0.2, 0.25) is 5.02 Å². The molecule has 1 heterocycles. The van der Waals surface area contributed by atoms with Gasteiger partial charge in [0.1, 0.15) is 0 Å². The van der Waals surface area contributed by atoms with Crippen LogP contribution in [0.4, 0.5) is 0 Å². The lowest BCUT2D eigenvalue weighted by atomic mass is 9.97. The van der Waals surface area contributed by atoms with Crippen molar-refractivity contribution in [3.63, 3.8) is 0 Å². The number of halogens is 1. The van der Waals surface area contributed by atoms with Crippen LogP contribution in [0.5, 0.6) is 0 Å². The quantitative estimate of drug-likeness (QED) is 0.386.